The lowest BCUT2D eigenvalue weighted by atomic mass is 10.0. The molecule has 4 N–H and O–H groups in total. The molecule has 3 atom stereocenters. The molecule has 280 valence electrons. The maximum atomic E-state index is 12.2. The molecule has 0 aromatic carbocycles. The number of hydrogen-bond donors (Lipinski definition) is 4. The van der Waals surface area contributed by atoms with Crippen molar-refractivity contribution in [2.24, 2.45) is 0 Å². The van der Waals surface area contributed by atoms with E-state index in [0.29, 0.717) is 12.8 Å². The third-order valence-corrected chi connectivity index (χ3v) is 8.66. The van der Waals surface area contributed by atoms with E-state index in [1.165, 1.54) is 89.9 Å². The number of aliphatic carboxylic acids is 1. The van der Waals surface area contributed by atoms with E-state index in [2.05, 4.69) is 41.1 Å². The molecule has 0 fully saturated rings. The Kier molecular flexibility index (Phi) is 30.8. The number of amides is 1. The smallest absolute Gasteiger partial charge is 0.472 e. The van der Waals surface area contributed by atoms with Crippen LogP contribution in [0, 0.1) is 0 Å². The molecule has 11 nitrogen and oxygen atoms in total. The number of nitrogens with one attached hydrogen (secondary N) is 1. The average molecular weight is 704 g/mol. The van der Waals surface area contributed by atoms with Gasteiger partial charge >= 0.3 is 19.8 Å². The van der Waals surface area contributed by atoms with E-state index < -0.39 is 57.6 Å². The summed E-state index contributed by atoms with van der Waals surface area (Å²) in [5.74, 6) is -2.43. The molecule has 0 aromatic heterocycles. The van der Waals surface area contributed by atoms with E-state index in [-0.39, 0.29) is 12.8 Å². The molecule has 0 bridgehead atoms. The molecular formula is C36H66NO10P. The summed E-state index contributed by atoms with van der Waals surface area (Å²) in [6.45, 7) is 2.12. The number of aliphatic hydroxyl groups is 1. The van der Waals surface area contributed by atoms with Gasteiger partial charge in [0, 0.05) is 12.8 Å². The Labute approximate surface area is 289 Å². The topological polar surface area (TPSA) is 169 Å². The summed E-state index contributed by atoms with van der Waals surface area (Å²) < 4.78 is 26.2. The summed E-state index contributed by atoms with van der Waals surface area (Å²) in [6, 6.07) is -1.54. The monoisotopic (exact) mass is 703 g/mol. The highest BCUT2D eigenvalue weighted by molar-refractivity contribution is 7.47. The van der Waals surface area contributed by atoms with Crippen molar-refractivity contribution in [2.45, 2.75) is 167 Å². The fraction of sp³-hybridized carbons (Fsp3) is 0.806. The van der Waals surface area contributed by atoms with Gasteiger partial charge in [-0.15, -0.1) is 0 Å². The highest BCUT2D eigenvalue weighted by Gasteiger charge is 2.28. The van der Waals surface area contributed by atoms with Gasteiger partial charge in [0.15, 0.2) is 6.04 Å². The van der Waals surface area contributed by atoms with Crippen LogP contribution in [0.1, 0.15) is 155 Å². The fourth-order valence-electron chi connectivity index (χ4n) is 4.85. The molecule has 0 spiro atoms. The number of carbonyl (C=O) groups excluding carboxylic acids is 2. The highest BCUT2D eigenvalue weighted by atomic mass is 31.2. The number of carbonyl (C=O) groups is 3. The van der Waals surface area contributed by atoms with Crippen molar-refractivity contribution >= 4 is 25.7 Å². The number of phosphoric acid groups is 1. The Morgan fingerprint density at radius 1 is 0.667 bits per heavy atom. The fourth-order valence-corrected chi connectivity index (χ4v) is 5.62. The van der Waals surface area contributed by atoms with Crippen molar-refractivity contribution in [3.8, 4) is 0 Å². The lowest BCUT2D eigenvalue weighted by Crippen LogP contribution is -2.43. The number of carboxylic acids is 1. The maximum absolute atomic E-state index is 12.2. The van der Waals surface area contributed by atoms with Crippen LogP contribution in [-0.4, -0.2) is 64.9 Å². The number of phosphoric ester groups is 1. The number of carboxylic acid groups (broad SMARTS) is 1. The Balaban J connectivity index is 3.77. The summed E-state index contributed by atoms with van der Waals surface area (Å²) in [6.07, 6.45) is 31.2. The lowest BCUT2D eigenvalue weighted by molar-refractivity contribution is -0.147. The quantitative estimate of drug-likeness (QED) is 0.0221. The molecule has 0 heterocycles. The van der Waals surface area contributed by atoms with Crippen LogP contribution in [0.15, 0.2) is 24.3 Å². The van der Waals surface area contributed by atoms with Gasteiger partial charge in [0.05, 0.1) is 13.2 Å². The first-order chi connectivity index (χ1) is 23.1. The first kappa shape index (κ1) is 46.0. The van der Waals surface area contributed by atoms with Crippen LogP contribution in [0.5, 0.6) is 0 Å². The van der Waals surface area contributed by atoms with Crippen molar-refractivity contribution in [3.63, 3.8) is 0 Å². The summed E-state index contributed by atoms with van der Waals surface area (Å²) >= 11 is 0. The molecule has 48 heavy (non-hydrogen) atoms. The van der Waals surface area contributed by atoms with Gasteiger partial charge in [-0.3, -0.25) is 18.6 Å². The second-order valence-electron chi connectivity index (χ2n) is 12.4. The SMILES string of the molecule is CCCCC/C=C\C/C=C\CCCCCCCCCCCCCCCC(=O)NC(COP(=O)(O)OCC(O)COC(=O)CCC)C(=O)O. The number of unbranched alkanes of at least 4 members (excludes halogenated alkanes) is 16. The first-order valence-corrected chi connectivity index (χ1v) is 19.9. The Morgan fingerprint density at radius 3 is 1.69 bits per heavy atom. The second-order valence-corrected chi connectivity index (χ2v) is 13.9. The minimum Gasteiger partial charge on any atom is -0.480 e. The Morgan fingerprint density at radius 2 is 1.17 bits per heavy atom. The Bertz CT molecular complexity index is 926. The van der Waals surface area contributed by atoms with Gasteiger partial charge in [-0.2, -0.15) is 0 Å². The summed E-state index contributed by atoms with van der Waals surface area (Å²) in [4.78, 5) is 44.8. The maximum Gasteiger partial charge on any atom is 0.472 e. The number of ether oxygens (including phenoxy) is 1. The van der Waals surface area contributed by atoms with Crippen molar-refractivity contribution in [1.82, 2.24) is 5.32 Å². The van der Waals surface area contributed by atoms with E-state index in [1.807, 2.05) is 0 Å². The molecule has 3 unspecified atom stereocenters. The minimum atomic E-state index is -4.72. The number of esters is 1. The first-order valence-electron chi connectivity index (χ1n) is 18.4. The van der Waals surface area contributed by atoms with Gasteiger partial charge in [-0.25, -0.2) is 9.36 Å². The third kappa shape index (κ3) is 31.2. The van der Waals surface area contributed by atoms with Crippen LogP contribution in [0.2, 0.25) is 0 Å². The molecule has 0 aliphatic heterocycles. The van der Waals surface area contributed by atoms with Crippen LogP contribution in [-0.2, 0) is 32.7 Å². The molecule has 0 radical (unpaired) electrons. The summed E-state index contributed by atoms with van der Waals surface area (Å²) in [5.41, 5.74) is 0. The average Bonchev–Trinajstić information content (AvgIpc) is 3.05. The zero-order chi connectivity index (χ0) is 35.7. The van der Waals surface area contributed by atoms with E-state index >= 15 is 0 Å². The molecule has 0 saturated heterocycles. The van der Waals surface area contributed by atoms with Crippen LogP contribution in [0.25, 0.3) is 0 Å². The molecule has 12 heteroatoms. The van der Waals surface area contributed by atoms with E-state index in [0.717, 1.165) is 25.7 Å². The van der Waals surface area contributed by atoms with Crippen molar-refractivity contribution in [3.05, 3.63) is 24.3 Å². The Hall–Kier alpha value is -2.04. The predicted molar refractivity (Wildman–Crippen MR) is 189 cm³/mol. The molecule has 0 aliphatic rings. The standard InChI is InChI=1S/C36H66NO10P/c1-3-5-6-7-8-9-10-11-12-13-14-15-16-17-18-19-20-21-22-23-24-25-26-28-34(39)37-33(36(41)42)31-47-48(43,44)46-30-32(38)29-45-35(40)27-4-2/h8-9,11-12,32-33,38H,3-7,10,13-31H2,1-2H3,(H,37,39)(H,41,42)(H,43,44)/b9-8-,12-11-. The van der Waals surface area contributed by atoms with Gasteiger partial charge < -0.3 is 25.2 Å². The van der Waals surface area contributed by atoms with Gasteiger partial charge in [-0.05, 0) is 44.9 Å². The summed E-state index contributed by atoms with van der Waals surface area (Å²) in [7, 11) is -4.72. The van der Waals surface area contributed by atoms with E-state index in [9.17, 15) is 34.1 Å². The van der Waals surface area contributed by atoms with E-state index in [1.54, 1.807) is 6.92 Å². The second kappa shape index (κ2) is 32.2. The number of hydrogen-bond acceptors (Lipinski definition) is 8. The molecule has 0 rings (SSSR count). The normalized spacial score (nSPS) is 14.2. The number of aliphatic hydroxyl groups excluding tert-OH is 1. The van der Waals surface area contributed by atoms with Crippen LogP contribution in [0.4, 0.5) is 0 Å². The van der Waals surface area contributed by atoms with Gasteiger partial charge in [-0.1, -0.05) is 122 Å². The zero-order valence-electron chi connectivity index (χ0n) is 29.8. The summed E-state index contributed by atoms with van der Waals surface area (Å²) in [5, 5.41) is 21.4. The van der Waals surface area contributed by atoms with Crippen LogP contribution < -0.4 is 5.32 Å². The zero-order valence-corrected chi connectivity index (χ0v) is 30.7. The van der Waals surface area contributed by atoms with Crippen molar-refractivity contribution in [2.75, 3.05) is 19.8 Å². The molecule has 0 aromatic rings. The van der Waals surface area contributed by atoms with E-state index in [4.69, 9.17) is 9.26 Å². The molecule has 0 aliphatic carbocycles. The third-order valence-electron chi connectivity index (χ3n) is 7.71. The lowest BCUT2D eigenvalue weighted by Gasteiger charge is -2.18. The number of rotatable bonds is 34. The largest absolute Gasteiger partial charge is 0.480 e. The van der Waals surface area contributed by atoms with Crippen LogP contribution in [0.3, 0.4) is 0 Å². The van der Waals surface area contributed by atoms with Gasteiger partial charge in [0.2, 0.25) is 5.91 Å². The molecule has 0 saturated carbocycles. The minimum absolute atomic E-state index is 0.146. The molecular weight excluding hydrogens is 637 g/mol. The predicted octanol–water partition coefficient (Wildman–Crippen LogP) is 8.33. The van der Waals surface area contributed by atoms with Crippen LogP contribution >= 0.6 is 7.82 Å². The van der Waals surface area contributed by atoms with Crippen molar-refractivity contribution in [1.29, 1.82) is 0 Å². The molecule has 1 amide bonds. The van der Waals surface area contributed by atoms with Crippen molar-refractivity contribution < 1.29 is 47.8 Å². The van der Waals surface area contributed by atoms with Gasteiger partial charge in [0.25, 0.3) is 0 Å². The number of allylic oxidation sites excluding steroid dienone is 4. The van der Waals surface area contributed by atoms with Gasteiger partial charge in [0.1, 0.15) is 12.7 Å². The highest BCUT2D eigenvalue weighted by Crippen LogP contribution is 2.43.